The van der Waals surface area contributed by atoms with Crippen molar-refractivity contribution in [1.82, 2.24) is 4.98 Å². The number of rotatable bonds is 4. The van der Waals surface area contributed by atoms with Crippen LogP contribution in [0.25, 0.3) is 10.9 Å². The Morgan fingerprint density at radius 2 is 2.00 bits per heavy atom. The minimum atomic E-state index is -0.241. The number of anilines is 1. The summed E-state index contributed by atoms with van der Waals surface area (Å²) in [5, 5.41) is 4.38. The zero-order valence-electron chi connectivity index (χ0n) is 13.4. The van der Waals surface area contributed by atoms with E-state index >= 15 is 0 Å². The van der Waals surface area contributed by atoms with Crippen LogP contribution in [0, 0.1) is 6.92 Å². The Balaban J connectivity index is 1.77. The third-order valence-corrected chi connectivity index (χ3v) is 5.15. The molecule has 0 spiro atoms. The number of nitrogens with one attached hydrogen (secondary N) is 1. The van der Waals surface area contributed by atoms with Crippen LogP contribution in [0.1, 0.15) is 12.5 Å². The fourth-order valence-corrected chi connectivity index (χ4v) is 3.54. The highest BCUT2D eigenvalue weighted by Crippen LogP contribution is 2.30. The lowest BCUT2D eigenvalue weighted by atomic mass is 10.2. The lowest BCUT2D eigenvalue weighted by Gasteiger charge is -2.14. The molecule has 0 fully saturated rings. The maximum absolute atomic E-state index is 12.5. The van der Waals surface area contributed by atoms with Gasteiger partial charge in [-0.1, -0.05) is 35.9 Å². The second-order valence-electron chi connectivity index (χ2n) is 5.53. The molecule has 1 atom stereocenters. The number of fused-ring (bicyclic) bond motifs is 1. The number of hydrogen-bond donors (Lipinski definition) is 1. The van der Waals surface area contributed by atoms with E-state index in [1.165, 1.54) is 11.8 Å². The van der Waals surface area contributed by atoms with Gasteiger partial charge in [-0.15, -0.1) is 11.8 Å². The largest absolute Gasteiger partial charge is 0.325 e. The van der Waals surface area contributed by atoms with Crippen LogP contribution in [0.3, 0.4) is 0 Å². The average Bonchev–Trinajstić information content (AvgIpc) is 2.58. The number of thioether (sulfide) groups is 1. The third kappa shape index (κ3) is 3.71. The van der Waals surface area contributed by atoms with Crippen molar-refractivity contribution < 1.29 is 4.79 Å². The molecule has 1 amide bonds. The van der Waals surface area contributed by atoms with Gasteiger partial charge in [0.25, 0.3) is 0 Å². The summed E-state index contributed by atoms with van der Waals surface area (Å²) < 4.78 is 0. The summed E-state index contributed by atoms with van der Waals surface area (Å²) in [5.74, 6) is -0.0498. The van der Waals surface area contributed by atoms with Crippen LogP contribution in [0.5, 0.6) is 0 Å². The van der Waals surface area contributed by atoms with Crippen molar-refractivity contribution in [2.24, 2.45) is 0 Å². The molecule has 0 saturated heterocycles. The molecule has 0 saturated carbocycles. The van der Waals surface area contributed by atoms with Crippen molar-refractivity contribution in [2.45, 2.75) is 24.0 Å². The number of pyridine rings is 1. The highest BCUT2D eigenvalue weighted by atomic mass is 35.5. The Morgan fingerprint density at radius 1 is 1.21 bits per heavy atom. The number of para-hydroxylation sites is 1. The van der Waals surface area contributed by atoms with Crippen LogP contribution >= 0.6 is 23.4 Å². The predicted molar refractivity (Wildman–Crippen MR) is 102 cm³/mol. The van der Waals surface area contributed by atoms with Gasteiger partial charge in [0, 0.05) is 27.2 Å². The van der Waals surface area contributed by atoms with E-state index in [1.54, 1.807) is 12.3 Å². The van der Waals surface area contributed by atoms with Gasteiger partial charge < -0.3 is 5.32 Å². The molecule has 24 heavy (non-hydrogen) atoms. The second-order valence-corrected chi connectivity index (χ2v) is 7.35. The molecule has 0 aliphatic carbocycles. The molecule has 0 radical (unpaired) electrons. The van der Waals surface area contributed by atoms with Crippen LogP contribution in [0.4, 0.5) is 5.69 Å². The molecule has 0 bridgehead atoms. The number of halogens is 1. The van der Waals surface area contributed by atoms with Gasteiger partial charge in [0.05, 0.1) is 10.8 Å². The number of nitrogens with zero attached hydrogens (tertiary/aromatic N) is 1. The predicted octanol–water partition coefficient (Wildman–Crippen LogP) is 5.32. The molecule has 2 aromatic carbocycles. The Hall–Kier alpha value is -2.04. The standard InChI is InChI=1S/C19H17ClN2OS/c1-12-7-8-14(20)11-17(12)22-19(23)13(2)24-18-9-10-21-16-6-4-3-5-15(16)18/h3-11,13H,1-2H3,(H,22,23). The molecule has 122 valence electrons. The molecular weight excluding hydrogens is 340 g/mol. The summed E-state index contributed by atoms with van der Waals surface area (Å²) in [6.07, 6.45) is 1.77. The van der Waals surface area contributed by atoms with Crippen molar-refractivity contribution in [3.63, 3.8) is 0 Å². The molecule has 3 aromatic rings. The normalized spacial score (nSPS) is 12.1. The van der Waals surface area contributed by atoms with Gasteiger partial charge in [-0.25, -0.2) is 0 Å². The quantitative estimate of drug-likeness (QED) is 0.643. The molecule has 5 heteroatoms. The molecule has 1 N–H and O–H groups in total. The SMILES string of the molecule is Cc1ccc(Cl)cc1NC(=O)C(C)Sc1ccnc2ccccc12. The van der Waals surface area contributed by atoms with Crippen LogP contribution < -0.4 is 5.32 Å². The van der Waals surface area contributed by atoms with Crippen LogP contribution in [-0.4, -0.2) is 16.1 Å². The molecule has 3 rings (SSSR count). The summed E-state index contributed by atoms with van der Waals surface area (Å²) in [6, 6.07) is 15.4. The van der Waals surface area contributed by atoms with Gasteiger partial charge in [-0.3, -0.25) is 9.78 Å². The lowest BCUT2D eigenvalue weighted by Crippen LogP contribution is -2.22. The highest BCUT2D eigenvalue weighted by molar-refractivity contribution is 8.00. The Kier molecular flexibility index (Phi) is 5.07. The maximum atomic E-state index is 12.5. The van der Waals surface area contributed by atoms with Crippen molar-refractivity contribution in [3.8, 4) is 0 Å². The second kappa shape index (κ2) is 7.24. The summed E-state index contributed by atoms with van der Waals surface area (Å²) >= 11 is 7.54. The molecular formula is C19H17ClN2OS. The first-order chi connectivity index (χ1) is 11.5. The number of hydrogen-bond acceptors (Lipinski definition) is 3. The summed E-state index contributed by atoms with van der Waals surface area (Å²) in [7, 11) is 0. The van der Waals surface area contributed by atoms with E-state index in [2.05, 4.69) is 10.3 Å². The molecule has 0 aliphatic heterocycles. The van der Waals surface area contributed by atoms with Gasteiger partial charge in [-0.05, 0) is 43.7 Å². The Morgan fingerprint density at radius 3 is 2.83 bits per heavy atom. The first-order valence-electron chi connectivity index (χ1n) is 7.62. The summed E-state index contributed by atoms with van der Waals surface area (Å²) in [4.78, 5) is 17.9. The smallest absolute Gasteiger partial charge is 0.237 e. The topological polar surface area (TPSA) is 42.0 Å². The van der Waals surface area contributed by atoms with Gasteiger partial charge in [0.2, 0.25) is 5.91 Å². The van der Waals surface area contributed by atoms with Gasteiger partial charge >= 0.3 is 0 Å². The van der Waals surface area contributed by atoms with Crippen LogP contribution in [0.2, 0.25) is 5.02 Å². The number of benzene rings is 2. The molecule has 1 heterocycles. The van der Waals surface area contributed by atoms with Crippen molar-refractivity contribution in [2.75, 3.05) is 5.32 Å². The minimum Gasteiger partial charge on any atom is -0.325 e. The van der Waals surface area contributed by atoms with E-state index in [9.17, 15) is 4.79 Å². The van der Waals surface area contributed by atoms with E-state index in [-0.39, 0.29) is 11.2 Å². The number of amides is 1. The number of carbonyl (C=O) groups excluding carboxylic acids is 1. The fourth-order valence-electron chi connectivity index (χ4n) is 2.38. The molecule has 1 unspecified atom stereocenters. The summed E-state index contributed by atoms with van der Waals surface area (Å²) in [5.41, 5.74) is 2.67. The van der Waals surface area contributed by atoms with E-state index < -0.39 is 0 Å². The van der Waals surface area contributed by atoms with Crippen molar-refractivity contribution in [3.05, 3.63) is 65.3 Å². The van der Waals surface area contributed by atoms with E-state index in [0.717, 1.165) is 27.0 Å². The number of carbonyl (C=O) groups is 1. The number of aryl methyl sites for hydroxylation is 1. The maximum Gasteiger partial charge on any atom is 0.237 e. The van der Waals surface area contributed by atoms with Crippen molar-refractivity contribution in [1.29, 1.82) is 0 Å². The fraction of sp³-hybridized carbons (Fsp3) is 0.158. The summed E-state index contributed by atoms with van der Waals surface area (Å²) in [6.45, 7) is 3.84. The molecule has 3 nitrogen and oxygen atoms in total. The lowest BCUT2D eigenvalue weighted by molar-refractivity contribution is -0.115. The Labute approximate surface area is 150 Å². The average molecular weight is 357 g/mol. The molecule has 1 aromatic heterocycles. The first kappa shape index (κ1) is 16.8. The monoisotopic (exact) mass is 356 g/mol. The first-order valence-corrected chi connectivity index (χ1v) is 8.88. The minimum absolute atomic E-state index is 0.0498. The van der Waals surface area contributed by atoms with E-state index in [0.29, 0.717) is 5.02 Å². The zero-order valence-corrected chi connectivity index (χ0v) is 15.0. The van der Waals surface area contributed by atoms with Crippen LogP contribution in [-0.2, 0) is 4.79 Å². The Bertz CT molecular complexity index is 892. The van der Waals surface area contributed by atoms with Gasteiger partial charge in [-0.2, -0.15) is 0 Å². The highest BCUT2D eigenvalue weighted by Gasteiger charge is 2.17. The van der Waals surface area contributed by atoms with Crippen LogP contribution in [0.15, 0.2) is 59.6 Å². The third-order valence-electron chi connectivity index (χ3n) is 3.74. The number of aromatic nitrogens is 1. The molecule has 0 aliphatic rings. The van der Waals surface area contributed by atoms with Gasteiger partial charge in [0.1, 0.15) is 0 Å². The van der Waals surface area contributed by atoms with E-state index in [1.807, 2.05) is 56.3 Å². The zero-order chi connectivity index (χ0) is 17.1. The van der Waals surface area contributed by atoms with Crippen molar-refractivity contribution >= 4 is 45.9 Å². The van der Waals surface area contributed by atoms with E-state index in [4.69, 9.17) is 11.6 Å². The van der Waals surface area contributed by atoms with Gasteiger partial charge in [0.15, 0.2) is 0 Å².